The molecule has 1 aliphatic rings. The molecule has 10 nitrogen and oxygen atoms in total. The molecular formula is C23H32N4O6S. The number of nitro groups is 1. The Morgan fingerprint density at radius 1 is 1.00 bits per heavy atom. The smallest absolute Gasteiger partial charge is 0.293 e. The average Bonchev–Trinajstić information content (AvgIpc) is 2.85. The van der Waals surface area contributed by atoms with E-state index < -0.39 is 14.9 Å². The average molecular weight is 493 g/mol. The van der Waals surface area contributed by atoms with Crippen molar-refractivity contribution in [2.75, 3.05) is 64.4 Å². The zero-order chi connectivity index (χ0) is 24.7. The molecule has 0 amide bonds. The molecule has 0 aromatic heterocycles. The first-order chi connectivity index (χ1) is 16.3. The zero-order valence-corrected chi connectivity index (χ0v) is 20.7. The number of ether oxygens (including phenoxy) is 2. The van der Waals surface area contributed by atoms with Crippen LogP contribution in [0.5, 0.6) is 11.5 Å². The summed E-state index contributed by atoms with van der Waals surface area (Å²) in [4.78, 5) is 15.4. The minimum Gasteiger partial charge on any atom is -0.497 e. The van der Waals surface area contributed by atoms with Crippen LogP contribution in [0.15, 0.2) is 47.4 Å². The molecule has 0 radical (unpaired) electrons. The monoisotopic (exact) mass is 492 g/mol. The molecule has 0 atom stereocenters. The Kier molecular flexibility index (Phi) is 8.70. The second-order valence-corrected chi connectivity index (χ2v) is 9.79. The Balaban J connectivity index is 1.61. The Labute approximate surface area is 200 Å². The van der Waals surface area contributed by atoms with Gasteiger partial charge in [0.2, 0.25) is 10.0 Å². The Morgan fingerprint density at radius 2 is 1.62 bits per heavy atom. The van der Waals surface area contributed by atoms with E-state index in [1.165, 1.54) is 16.4 Å². The summed E-state index contributed by atoms with van der Waals surface area (Å²) in [6, 6.07) is 11.6. The van der Waals surface area contributed by atoms with Gasteiger partial charge in [-0.25, -0.2) is 8.42 Å². The molecule has 0 saturated carbocycles. The lowest BCUT2D eigenvalue weighted by Crippen LogP contribution is -2.47. The van der Waals surface area contributed by atoms with Gasteiger partial charge in [0.25, 0.3) is 5.69 Å². The number of nitro benzene ring substituents is 1. The summed E-state index contributed by atoms with van der Waals surface area (Å²) in [6.45, 7) is 8.02. The number of piperazine rings is 1. The summed E-state index contributed by atoms with van der Waals surface area (Å²) in [5.74, 6) is 1.55. The SMILES string of the molecule is CCN(CC)S(=O)(=O)c1ccc(N2CCN(CCOc3ccc(OC)cc3)CC2)c([N+](=O)[O-])c1. The summed E-state index contributed by atoms with van der Waals surface area (Å²) < 4.78 is 37.8. The van der Waals surface area contributed by atoms with Crippen molar-refractivity contribution < 1.29 is 22.8 Å². The summed E-state index contributed by atoms with van der Waals surface area (Å²) in [5.41, 5.74) is 0.252. The summed E-state index contributed by atoms with van der Waals surface area (Å²) in [5, 5.41) is 11.8. The molecule has 11 heteroatoms. The predicted octanol–water partition coefficient (Wildman–Crippen LogP) is 2.83. The number of hydrogen-bond donors (Lipinski definition) is 0. The fourth-order valence-electron chi connectivity index (χ4n) is 3.97. The number of sulfonamides is 1. The molecule has 2 aromatic carbocycles. The second-order valence-electron chi connectivity index (χ2n) is 7.85. The number of methoxy groups -OCH3 is 1. The van der Waals surface area contributed by atoms with Crippen LogP contribution in [0.3, 0.4) is 0 Å². The Morgan fingerprint density at radius 3 is 2.18 bits per heavy atom. The maximum absolute atomic E-state index is 12.8. The van der Waals surface area contributed by atoms with Gasteiger partial charge >= 0.3 is 0 Å². The van der Waals surface area contributed by atoms with Gasteiger partial charge < -0.3 is 14.4 Å². The lowest BCUT2D eigenvalue weighted by Gasteiger charge is -2.35. The third-order valence-corrected chi connectivity index (χ3v) is 7.98. The van der Waals surface area contributed by atoms with E-state index in [2.05, 4.69) is 4.90 Å². The molecular weight excluding hydrogens is 460 g/mol. The van der Waals surface area contributed by atoms with Gasteiger partial charge in [-0.2, -0.15) is 4.31 Å². The highest BCUT2D eigenvalue weighted by Crippen LogP contribution is 2.32. The summed E-state index contributed by atoms with van der Waals surface area (Å²) in [7, 11) is -2.15. The first-order valence-electron chi connectivity index (χ1n) is 11.3. The molecule has 186 valence electrons. The van der Waals surface area contributed by atoms with Crippen LogP contribution in [-0.4, -0.2) is 82.1 Å². The zero-order valence-electron chi connectivity index (χ0n) is 19.8. The molecule has 0 aliphatic carbocycles. The van der Waals surface area contributed by atoms with E-state index >= 15 is 0 Å². The van der Waals surface area contributed by atoms with Crippen LogP contribution in [-0.2, 0) is 10.0 Å². The van der Waals surface area contributed by atoms with Crippen LogP contribution in [0.2, 0.25) is 0 Å². The van der Waals surface area contributed by atoms with Crippen molar-refractivity contribution in [1.82, 2.24) is 9.21 Å². The fraction of sp³-hybridized carbons (Fsp3) is 0.478. The van der Waals surface area contributed by atoms with Crippen LogP contribution >= 0.6 is 0 Å². The maximum Gasteiger partial charge on any atom is 0.293 e. The van der Waals surface area contributed by atoms with Crippen molar-refractivity contribution in [2.45, 2.75) is 18.7 Å². The number of rotatable bonds is 11. The summed E-state index contributed by atoms with van der Waals surface area (Å²) >= 11 is 0. The van der Waals surface area contributed by atoms with Gasteiger partial charge in [-0.05, 0) is 36.4 Å². The lowest BCUT2D eigenvalue weighted by molar-refractivity contribution is -0.384. The quantitative estimate of drug-likeness (QED) is 0.348. The van der Waals surface area contributed by atoms with Gasteiger partial charge in [-0.1, -0.05) is 13.8 Å². The largest absolute Gasteiger partial charge is 0.497 e. The van der Waals surface area contributed by atoms with Crippen LogP contribution in [0.4, 0.5) is 11.4 Å². The second kappa shape index (κ2) is 11.5. The Bertz CT molecular complexity index is 1070. The molecule has 2 aromatic rings. The van der Waals surface area contributed by atoms with Crippen molar-refractivity contribution in [3.63, 3.8) is 0 Å². The van der Waals surface area contributed by atoms with Gasteiger partial charge in [0.05, 0.1) is 16.9 Å². The number of nitrogens with zero attached hydrogens (tertiary/aromatic N) is 4. The molecule has 1 fully saturated rings. The molecule has 0 spiro atoms. The van der Waals surface area contributed by atoms with Crippen molar-refractivity contribution in [1.29, 1.82) is 0 Å². The molecule has 3 rings (SSSR count). The Hall–Kier alpha value is -2.89. The highest BCUT2D eigenvalue weighted by Gasteiger charge is 2.28. The van der Waals surface area contributed by atoms with Gasteiger partial charge in [0.1, 0.15) is 23.8 Å². The van der Waals surface area contributed by atoms with E-state index in [1.807, 2.05) is 29.2 Å². The third kappa shape index (κ3) is 5.96. The standard InChI is InChI=1S/C23H32N4O6S/c1-4-26(5-2)34(30,31)21-10-11-22(23(18-21)27(28)29)25-14-12-24(13-15-25)16-17-33-20-8-6-19(32-3)7-9-20/h6-11,18H,4-5,12-17H2,1-3H3. The fourth-order valence-corrected chi connectivity index (χ4v) is 5.45. The van der Waals surface area contributed by atoms with Crippen LogP contribution in [0.25, 0.3) is 0 Å². The van der Waals surface area contributed by atoms with E-state index in [4.69, 9.17) is 9.47 Å². The molecule has 0 N–H and O–H groups in total. The van der Waals surface area contributed by atoms with Crippen molar-refractivity contribution in [3.8, 4) is 11.5 Å². The lowest BCUT2D eigenvalue weighted by atomic mass is 10.2. The maximum atomic E-state index is 12.8. The first-order valence-corrected chi connectivity index (χ1v) is 12.8. The number of benzene rings is 2. The van der Waals surface area contributed by atoms with Gasteiger partial charge in [-0.3, -0.25) is 15.0 Å². The van der Waals surface area contributed by atoms with Crippen molar-refractivity contribution in [2.24, 2.45) is 0 Å². The predicted molar refractivity (Wildman–Crippen MR) is 130 cm³/mol. The van der Waals surface area contributed by atoms with E-state index in [9.17, 15) is 18.5 Å². The highest BCUT2D eigenvalue weighted by molar-refractivity contribution is 7.89. The van der Waals surface area contributed by atoms with E-state index in [1.54, 1.807) is 27.0 Å². The first kappa shape index (κ1) is 25.7. The number of hydrogen-bond acceptors (Lipinski definition) is 8. The van der Waals surface area contributed by atoms with Gasteiger partial charge in [-0.15, -0.1) is 0 Å². The van der Waals surface area contributed by atoms with Crippen molar-refractivity contribution >= 4 is 21.4 Å². The molecule has 1 heterocycles. The van der Waals surface area contributed by atoms with E-state index in [-0.39, 0.29) is 10.6 Å². The molecule has 34 heavy (non-hydrogen) atoms. The summed E-state index contributed by atoms with van der Waals surface area (Å²) in [6.07, 6.45) is 0. The van der Waals surface area contributed by atoms with Crippen LogP contribution < -0.4 is 14.4 Å². The third-order valence-electron chi connectivity index (χ3n) is 5.94. The molecule has 1 saturated heterocycles. The molecule has 0 bridgehead atoms. The van der Waals surface area contributed by atoms with E-state index in [0.717, 1.165) is 31.1 Å². The highest BCUT2D eigenvalue weighted by atomic mass is 32.2. The topological polar surface area (TPSA) is 105 Å². The molecule has 1 aliphatic heterocycles. The minimum absolute atomic E-state index is 0.0547. The van der Waals surface area contributed by atoms with Gasteiger partial charge in [0, 0.05) is 51.9 Å². The number of anilines is 1. The normalized spacial score (nSPS) is 14.9. The van der Waals surface area contributed by atoms with Crippen LogP contribution in [0, 0.1) is 10.1 Å². The molecule has 0 unspecified atom stereocenters. The minimum atomic E-state index is -3.77. The van der Waals surface area contributed by atoms with Crippen LogP contribution in [0.1, 0.15) is 13.8 Å². The van der Waals surface area contributed by atoms with E-state index in [0.29, 0.717) is 38.5 Å². The van der Waals surface area contributed by atoms with Gasteiger partial charge in [0.15, 0.2) is 0 Å². The van der Waals surface area contributed by atoms with Crippen molar-refractivity contribution in [3.05, 3.63) is 52.6 Å².